The molecule has 0 unspecified atom stereocenters. The quantitative estimate of drug-likeness (QED) is 0.889. The molecular formula is C16H20N2O4. The summed E-state index contributed by atoms with van der Waals surface area (Å²) < 4.78 is 17.7. The predicted molar refractivity (Wildman–Crippen MR) is 83.8 cm³/mol. The number of nitrogens with zero attached hydrogens (tertiary/aromatic N) is 1. The second-order valence-electron chi connectivity index (χ2n) is 4.82. The van der Waals surface area contributed by atoms with E-state index in [-0.39, 0.29) is 5.91 Å². The average molecular weight is 304 g/mol. The number of benzene rings is 1. The molecule has 0 fully saturated rings. The monoisotopic (exact) mass is 304 g/mol. The van der Waals surface area contributed by atoms with Gasteiger partial charge in [-0.3, -0.25) is 4.79 Å². The maximum atomic E-state index is 12.1. The number of nitrogens with one attached hydrogen (secondary N) is 1. The zero-order valence-corrected chi connectivity index (χ0v) is 13.2. The van der Waals surface area contributed by atoms with E-state index >= 15 is 0 Å². The SMILES string of the molecule is COc1cc(NC(=O)Cc2ccn(C)c2)cc(OC)c1OC. The van der Waals surface area contributed by atoms with Gasteiger partial charge in [0.2, 0.25) is 11.7 Å². The van der Waals surface area contributed by atoms with Crippen LogP contribution in [0.5, 0.6) is 17.2 Å². The van der Waals surface area contributed by atoms with Gasteiger partial charge in [0.25, 0.3) is 0 Å². The van der Waals surface area contributed by atoms with Crippen LogP contribution in [0.4, 0.5) is 5.69 Å². The van der Waals surface area contributed by atoms with Crippen molar-refractivity contribution in [3.8, 4) is 17.2 Å². The van der Waals surface area contributed by atoms with Gasteiger partial charge in [0.05, 0.1) is 27.8 Å². The minimum Gasteiger partial charge on any atom is -0.493 e. The fraction of sp³-hybridized carbons (Fsp3) is 0.312. The number of hydrogen-bond acceptors (Lipinski definition) is 4. The summed E-state index contributed by atoms with van der Waals surface area (Å²) >= 11 is 0. The molecule has 0 bridgehead atoms. The molecule has 118 valence electrons. The van der Waals surface area contributed by atoms with Gasteiger partial charge in [-0.15, -0.1) is 0 Å². The molecule has 1 aromatic heterocycles. The number of aromatic nitrogens is 1. The molecule has 0 atom stereocenters. The van der Waals surface area contributed by atoms with Crippen LogP contribution in [0.3, 0.4) is 0 Å². The molecule has 22 heavy (non-hydrogen) atoms. The van der Waals surface area contributed by atoms with Crippen molar-refractivity contribution in [3.63, 3.8) is 0 Å². The van der Waals surface area contributed by atoms with Crippen molar-refractivity contribution in [2.75, 3.05) is 26.6 Å². The highest BCUT2D eigenvalue weighted by Gasteiger charge is 2.14. The number of amides is 1. The summed E-state index contributed by atoms with van der Waals surface area (Å²) in [5.74, 6) is 1.38. The Kier molecular flexibility index (Phi) is 4.93. The van der Waals surface area contributed by atoms with Gasteiger partial charge < -0.3 is 24.1 Å². The molecule has 1 amide bonds. The van der Waals surface area contributed by atoms with Gasteiger partial charge in [0, 0.05) is 37.3 Å². The number of methoxy groups -OCH3 is 3. The number of carbonyl (C=O) groups excluding carboxylic acids is 1. The smallest absolute Gasteiger partial charge is 0.228 e. The van der Waals surface area contributed by atoms with E-state index < -0.39 is 0 Å². The Morgan fingerprint density at radius 2 is 1.77 bits per heavy atom. The molecule has 0 aliphatic rings. The van der Waals surface area contributed by atoms with E-state index in [0.29, 0.717) is 29.4 Å². The largest absolute Gasteiger partial charge is 0.493 e. The Morgan fingerprint density at radius 1 is 1.14 bits per heavy atom. The number of anilines is 1. The minimum absolute atomic E-state index is 0.111. The molecule has 1 N–H and O–H groups in total. The number of hydrogen-bond donors (Lipinski definition) is 1. The molecule has 0 aliphatic carbocycles. The molecule has 0 saturated carbocycles. The van der Waals surface area contributed by atoms with Crippen molar-refractivity contribution in [2.24, 2.45) is 7.05 Å². The summed E-state index contributed by atoms with van der Waals surface area (Å²) in [6.07, 6.45) is 4.12. The standard InChI is InChI=1S/C16H20N2O4/c1-18-6-5-11(10-18)7-15(19)17-12-8-13(20-2)16(22-4)14(9-12)21-3/h5-6,8-10H,7H2,1-4H3,(H,17,19). The first kappa shape index (κ1) is 15.8. The van der Waals surface area contributed by atoms with E-state index in [2.05, 4.69) is 5.32 Å². The first-order chi connectivity index (χ1) is 10.6. The van der Waals surface area contributed by atoms with Crippen LogP contribution in [-0.2, 0) is 18.3 Å². The third-order valence-corrected chi connectivity index (χ3v) is 3.21. The fourth-order valence-corrected chi connectivity index (χ4v) is 2.21. The predicted octanol–water partition coefficient (Wildman–Crippen LogP) is 2.23. The minimum atomic E-state index is -0.111. The molecule has 0 spiro atoms. The second-order valence-corrected chi connectivity index (χ2v) is 4.82. The molecule has 2 rings (SSSR count). The number of ether oxygens (including phenoxy) is 3. The van der Waals surface area contributed by atoms with E-state index in [0.717, 1.165) is 5.56 Å². The first-order valence-corrected chi connectivity index (χ1v) is 6.78. The average Bonchev–Trinajstić information content (AvgIpc) is 2.90. The molecule has 0 radical (unpaired) electrons. The first-order valence-electron chi connectivity index (χ1n) is 6.78. The molecular weight excluding hydrogens is 284 g/mol. The van der Waals surface area contributed by atoms with E-state index in [1.54, 1.807) is 12.1 Å². The summed E-state index contributed by atoms with van der Waals surface area (Å²) in [5.41, 5.74) is 1.54. The molecule has 0 saturated heterocycles. The molecule has 1 aromatic carbocycles. The lowest BCUT2D eigenvalue weighted by Crippen LogP contribution is -2.14. The van der Waals surface area contributed by atoms with Crippen LogP contribution in [0, 0.1) is 0 Å². The number of carbonyl (C=O) groups is 1. The van der Waals surface area contributed by atoms with Gasteiger partial charge in [-0.2, -0.15) is 0 Å². The Morgan fingerprint density at radius 3 is 2.23 bits per heavy atom. The zero-order chi connectivity index (χ0) is 16.1. The Balaban J connectivity index is 2.16. The van der Waals surface area contributed by atoms with Crippen LogP contribution in [0.25, 0.3) is 0 Å². The topological polar surface area (TPSA) is 61.7 Å². The third kappa shape index (κ3) is 3.52. The van der Waals surface area contributed by atoms with Crippen molar-refractivity contribution in [1.29, 1.82) is 0 Å². The van der Waals surface area contributed by atoms with Crippen LogP contribution in [0.2, 0.25) is 0 Å². The normalized spacial score (nSPS) is 10.2. The Labute approximate surface area is 129 Å². The highest BCUT2D eigenvalue weighted by Crippen LogP contribution is 2.39. The second kappa shape index (κ2) is 6.89. The van der Waals surface area contributed by atoms with Gasteiger partial charge in [0.1, 0.15) is 0 Å². The van der Waals surface area contributed by atoms with Crippen LogP contribution in [0.15, 0.2) is 30.6 Å². The summed E-state index contributed by atoms with van der Waals surface area (Å²) in [4.78, 5) is 12.1. The lowest BCUT2D eigenvalue weighted by Gasteiger charge is -2.14. The Hall–Kier alpha value is -2.63. The van der Waals surface area contributed by atoms with Crippen molar-refractivity contribution >= 4 is 11.6 Å². The van der Waals surface area contributed by atoms with Gasteiger partial charge in [-0.25, -0.2) is 0 Å². The van der Waals surface area contributed by atoms with Crippen LogP contribution in [0.1, 0.15) is 5.56 Å². The van der Waals surface area contributed by atoms with Crippen molar-refractivity contribution in [2.45, 2.75) is 6.42 Å². The third-order valence-electron chi connectivity index (χ3n) is 3.21. The highest BCUT2D eigenvalue weighted by atomic mass is 16.5. The summed E-state index contributed by atoms with van der Waals surface area (Å²) in [6, 6.07) is 5.31. The van der Waals surface area contributed by atoms with Gasteiger partial charge in [-0.05, 0) is 11.6 Å². The molecule has 0 aliphatic heterocycles. The Bertz CT molecular complexity index is 639. The molecule has 1 heterocycles. The van der Waals surface area contributed by atoms with Gasteiger partial charge in [0.15, 0.2) is 11.5 Å². The maximum absolute atomic E-state index is 12.1. The fourth-order valence-electron chi connectivity index (χ4n) is 2.21. The van der Waals surface area contributed by atoms with E-state index in [1.807, 2.05) is 30.1 Å². The van der Waals surface area contributed by atoms with E-state index in [1.165, 1.54) is 21.3 Å². The number of aryl methyl sites for hydroxylation is 1. The van der Waals surface area contributed by atoms with Crippen molar-refractivity contribution < 1.29 is 19.0 Å². The maximum Gasteiger partial charge on any atom is 0.228 e. The molecule has 6 nitrogen and oxygen atoms in total. The molecule has 6 heteroatoms. The van der Waals surface area contributed by atoms with Crippen LogP contribution in [-0.4, -0.2) is 31.8 Å². The highest BCUT2D eigenvalue weighted by molar-refractivity contribution is 5.93. The summed E-state index contributed by atoms with van der Waals surface area (Å²) in [6.45, 7) is 0. The van der Waals surface area contributed by atoms with E-state index in [9.17, 15) is 4.79 Å². The van der Waals surface area contributed by atoms with Gasteiger partial charge in [-0.1, -0.05) is 0 Å². The van der Waals surface area contributed by atoms with Crippen LogP contribution < -0.4 is 19.5 Å². The van der Waals surface area contributed by atoms with E-state index in [4.69, 9.17) is 14.2 Å². The molecule has 2 aromatic rings. The lowest BCUT2D eigenvalue weighted by atomic mass is 10.2. The summed E-state index contributed by atoms with van der Waals surface area (Å²) in [5, 5.41) is 2.84. The zero-order valence-electron chi connectivity index (χ0n) is 13.2. The summed E-state index contributed by atoms with van der Waals surface area (Å²) in [7, 11) is 6.52. The van der Waals surface area contributed by atoms with Gasteiger partial charge >= 0.3 is 0 Å². The number of rotatable bonds is 6. The van der Waals surface area contributed by atoms with Crippen molar-refractivity contribution in [3.05, 3.63) is 36.2 Å². The lowest BCUT2D eigenvalue weighted by molar-refractivity contribution is -0.115. The van der Waals surface area contributed by atoms with Crippen molar-refractivity contribution in [1.82, 2.24) is 4.57 Å². The van der Waals surface area contributed by atoms with Crippen LogP contribution >= 0.6 is 0 Å².